The Morgan fingerprint density at radius 2 is 2.04 bits per heavy atom. The zero-order valence-corrected chi connectivity index (χ0v) is 13.4. The molecule has 0 aliphatic rings. The maximum absolute atomic E-state index is 12.9. The zero-order valence-electron chi connectivity index (χ0n) is 12.6. The van der Waals surface area contributed by atoms with Crippen LogP contribution in [0.2, 0.25) is 5.02 Å². The highest BCUT2D eigenvalue weighted by molar-refractivity contribution is 6.33. The number of hydrogen-bond donors (Lipinski definition) is 2. The Kier molecular flexibility index (Phi) is 4.47. The Hall–Kier alpha value is -2.15. The van der Waals surface area contributed by atoms with Gasteiger partial charge in [0.05, 0.1) is 23.4 Å². The van der Waals surface area contributed by atoms with Crippen molar-refractivity contribution in [3.63, 3.8) is 0 Å². The van der Waals surface area contributed by atoms with E-state index < -0.39 is 6.10 Å². The molecule has 2 N–H and O–H groups in total. The Balaban J connectivity index is 2.15. The molecule has 6 nitrogen and oxygen atoms in total. The SMILES string of the molecule is CC(O)CNCc1nn2ccc(Cl)c2c(=O)n1-c1ccccc1. The van der Waals surface area contributed by atoms with Crippen LogP contribution in [0.4, 0.5) is 0 Å². The normalized spacial score (nSPS) is 12.7. The molecule has 7 heteroatoms. The van der Waals surface area contributed by atoms with Crippen molar-refractivity contribution in [2.24, 2.45) is 0 Å². The summed E-state index contributed by atoms with van der Waals surface area (Å²) in [6, 6.07) is 10.9. The third kappa shape index (κ3) is 3.14. The smallest absolute Gasteiger partial charge is 0.284 e. The van der Waals surface area contributed by atoms with E-state index in [0.717, 1.165) is 5.69 Å². The summed E-state index contributed by atoms with van der Waals surface area (Å²) in [5.74, 6) is 0.543. The van der Waals surface area contributed by atoms with E-state index in [0.29, 0.717) is 29.5 Å². The van der Waals surface area contributed by atoms with Crippen molar-refractivity contribution >= 4 is 17.1 Å². The number of hydrogen-bond acceptors (Lipinski definition) is 4. The number of nitrogens with one attached hydrogen (secondary N) is 1. The van der Waals surface area contributed by atoms with Crippen molar-refractivity contribution in [3.8, 4) is 5.69 Å². The van der Waals surface area contributed by atoms with Gasteiger partial charge in [-0.2, -0.15) is 5.10 Å². The average molecular weight is 333 g/mol. The van der Waals surface area contributed by atoms with Gasteiger partial charge in [-0.05, 0) is 25.1 Å². The highest BCUT2D eigenvalue weighted by Gasteiger charge is 2.15. The van der Waals surface area contributed by atoms with Gasteiger partial charge in [0.15, 0.2) is 5.82 Å². The first kappa shape index (κ1) is 15.7. The van der Waals surface area contributed by atoms with E-state index in [9.17, 15) is 9.90 Å². The summed E-state index contributed by atoms with van der Waals surface area (Å²) in [4.78, 5) is 12.9. The summed E-state index contributed by atoms with van der Waals surface area (Å²) in [6.45, 7) is 2.45. The molecule has 3 rings (SSSR count). The molecule has 0 radical (unpaired) electrons. The average Bonchev–Trinajstić information content (AvgIpc) is 2.89. The number of benzene rings is 1. The first-order valence-electron chi connectivity index (χ1n) is 7.31. The van der Waals surface area contributed by atoms with E-state index in [4.69, 9.17) is 11.6 Å². The number of fused-ring (bicyclic) bond motifs is 1. The molecule has 23 heavy (non-hydrogen) atoms. The van der Waals surface area contributed by atoms with Crippen molar-refractivity contribution in [2.45, 2.75) is 19.6 Å². The fourth-order valence-corrected chi connectivity index (χ4v) is 2.65. The van der Waals surface area contributed by atoms with Crippen LogP contribution in [0.1, 0.15) is 12.7 Å². The minimum absolute atomic E-state index is 0.227. The van der Waals surface area contributed by atoms with Gasteiger partial charge in [0.2, 0.25) is 0 Å². The van der Waals surface area contributed by atoms with Crippen molar-refractivity contribution in [1.29, 1.82) is 0 Å². The van der Waals surface area contributed by atoms with E-state index in [1.54, 1.807) is 19.2 Å². The topological polar surface area (TPSA) is 71.6 Å². The van der Waals surface area contributed by atoms with Crippen LogP contribution in [0.25, 0.3) is 11.2 Å². The minimum Gasteiger partial charge on any atom is -0.392 e. The molecule has 0 aliphatic carbocycles. The van der Waals surface area contributed by atoms with Crippen molar-refractivity contribution in [2.75, 3.05) is 6.54 Å². The van der Waals surface area contributed by atoms with Crippen LogP contribution in [0.3, 0.4) is 0 Å². The summed E-state index contributed by atoms with van der Waals surface area (Å²) in [6.07, 6.45) is 1.18. The third-order valence-electron chi connectivity index (χ3n) is 3.44. The van der Waals surface area contributed by atoms with Crippen LogP contribution in [-0.2, 0) is 6.54 Å². The molecule has 0 spiro atoms. The van der Waals surface area contributed by atoms with E-state index in [-0.39, 0.29) is 5.56 Å². The van der Waals surface area contributed by atoms with Crippen molar-refractivity contribution < 1.29 is 5.11 Å². The van der Waals surface area contributed by atoms with E-state index in [1.165, 1.54) is 9.08 Å². The number of para-hydroxylation sites is 1. The van der Waals surface area contributed by atoms with Crippen LogP contribution >= 0.6 is 11.6 Å². The van der Waals surface area contributed by atoms with Crippen LogP contribution in [0.5, 0.6) is 0 Å². The molecule has 0 amide bonds. The van der Waals surface area contributed by atoms with Crippen LogP contribution in [0.15, 0.2) is 47.4 Å². The molecule has 0 aliphatic heterocycles. The second-order valence-corrected chi connectivity index (χ2v) is 5.74. The van der Waals surface area contributed by atoms with Gasteiger partial charge in [-0.25, -0.2) is 4.52 Å². The second kappa shape index (κ2) is 6.54. The lowest BCUT2D eigenvalue weighted by molar-refractivity contribution is 0.190. The number of aliphatic hydroxyl groups excluding tert-OH is 1. The molecule has 1 atom stereocenters. The lowest BCUT2D eigenvalue weighted by atomic mass is 10.3. The quantitative estimate of drug-likeness (QED) is 0.744. The van der Waals surface area contributed by atoms with E-state index >= 15 is 0 Å². The summed E-state index contributed by atoms with van der Waals surface area (Å²) < 4.78 is 3.03. The summed E-state index contributed by atoms with van der Waals surface area (Å²) in [5.41, 5.74) is 0.837. The molecule has 0 saturated heterocycles. The largest absolute Gasteiger partial charge is 0.392 e. The molecule has 1 unspecified atom stereocenters. The fourth-order valence-electron chi connectivity index (χ4n) is 2.43. The van der Waals surface area contributed by atoms with Gasteiger partial charge in [-0.1, -0.05) is 29.8 Å². The minimum atomic E-state index is -0.475. The summed E-state index contributed by atoms with van der Waals surface area (Å²) >= 11 is 6.11. The van der Waals surface area contributed by atoms with Crippen molar-refractivity contribution in [3.05, 3.63) is 63.8 Å². The van der Waals surface area contributed by atoms with E-state index in [2.05, 4.69) is 10.4 Å². The second-order valence-electron chi connectivity index (χ2n) is 5.33. The molecule has 120 valence electrons. The predicted molar refractivity (Wildman–Crippen MR) is 89.2 cm³/mol. The highest BCUT2D eigenvalue weighted by atomic mass is 35.5. The maximum Gasteiger partial charge on any atom is 0.284 e. The van der Waals surface area contributed by atoms with Crippen molar-refractivity contribution in [1.82, 2.24) is 19.5 Å². The maximum atomic E-state index is 12.9. The molecule has 1 aromatic carbocycles. The molecular formula is C16H17ClN4O2. The molecule has 0 fully saturated rings. The number of aromatic nitrogens is 3. The fraction of sp³-hybridized carbons (Fsp3) is 0.250. The number of nitrogens with zero attached hydrogens (tertiary/aromatic N) is 3. The first-order valence-corrected chi connectivity index (χ1v) is 7.68. The molecule has 2 heterocycles. The number of rotatable bonds is 5. The van der Waals surface area contributed by atoms with Gasteiger partial charge in [0, 0.05) is 12.7 Å². The highest BCUT2D eigenvalue weighted by Crippen LogP contribution is 2.16. The molecule has 0 bridgehead atoms. The third-order valence-corrected chi connectivity index (χ3v) is 3.75. The lowest BCUT2D eigenvalue weighted by Crippen LogP contribution is -2.31. The number of aliphatic hydroxyl groups is 1. The summed E-state index contributed by atoms with van der Waals surface area (Å²) in [5, 5.41) is 17.3. The standard InChI is InChI=1S/C16H17ClN4O2/c1-11(22)9-18-10-14-19-20-8-7-13(17)15(20)16(23)21(14)12-5-3-2-4-6-12/h2-8,11,18,22H,9-10H2,1H3. The van der Waals surface area contributed by atoms with Crippen LogP contribution in [-0.4, -0.2) is 31.9 Å². The molecule has 3 aromatic rings. The van der Waals surface area contributed by atoms with Gasteiger partial charge >= 0.3 is 0 Å². The Bertz CT molecular complexity index is 871. The zero-order chi connectivity index (χ0) is 16.4. The molecule has 0 saturated carbocycles. The van der Waals surface area contributed by atoms with Gasteiger partial charge in [0.1, 0.15) is 5.52 Å². The van der Waals surface area contributed by atoms with E-state index in [1.807, 2.05) is 30.3 Å². The number of halogens is 1. The Labute approximate surface area is 137 Å². The summed E-state index contributed by atoms with van der Waals surface area (Å²) in [7, 11) is 0. The van der Waals surface area contributed by atoms with Gasteiger partial charge in [-0.15, -0.1) is 0 Å². The van der Waals surface area contributed by atoms with Gasteiger partial charge in [-0.3, -0.25) is 9.36 Å². The Morgan fingerprint density at radius 3 is 2.74 bits per heavy atom. The lowest BCUT2D eigenvalue weighted by Gasteiger charge is -2.14. The molecular weight excluding hydrogens is 316 g/mol. The van der Waals surface area contributed by atoms with Crippen LogP contribution in [0, 0.1) is 0 Å². The molecule has 2 aromatic heterocycles. The predicted octanol–water partition coefficient (Wildman–Crippen LogP) is 1.61. The first-order chi connectivity index (χ1) is 11.1. The van der Waals surface area contributed by atoms with Crippen LogP contribution < -0.4 is 10.9 Å². The Morgan fingerprint density at radius 1 is 1.30 bits per heavy atom. The monoisotopic (exact) mass is 332 g/mol. The van der Waals surface area contributed by atoms with Gasteiger partial charge in [0.25, 0.3) is 5.56 Å². The van der Waals surface area contributed by atoms with Gasteiger partial charge < -0.3 is 10.4 Å².